The van der Waals surface area contributed by atoms with Crippen molar-refractivity contribution in [2.24, 2.45) is 0 Å². The summed E-state index contributed by atoms with van der Waals surface area (Å²) in [5.41, 5.74) is 2.18. The van der Waals surface area contributed by atoms with E-state index in [0.717, 1.165) is 25.2 Å². The third-order valence-electron chi connectivity index (χ3n) is 3.30. The van der Waals surface area contributed by atoms with Crippen molar-refractivity contribution < 1.29 is 14.9 Å². The average Bonchev–Trinajstić information content (AvgIpc) is 2.49. The Balaban J connectivity index is 2.03. The molecule has 2 N–H and O–H groups in total. The first-order chi connectivity index (χ1) is 9.83. The zero-order valence-electron chi connectivity index (χ0n) is 11.6. The normalized spacial score (nSPS) is 19.4. The first-order valence-corrected chi connectivity index (χ1v) is 6.96. The molecular formula is C16H21NO3. The van der Waals surface area contributed by atoms with E-state index in [4.69, 9.17) is 9.84 Å². The maximum absolute atomic E-state index is 9.18. The SMILES string of the molecule is OCCC#Cc1ccccc1CN1CCOC(CO)C1. The molecular weight excluding hydrogens is 254 g/mol. The third-order valence-corrected chi connectivity index (χ3v) is 3.30. The quantitative estimate of drug-likeness (QED) is 0.791. The second kappa shape index (κ2) is 8.03. The summed E-state index contributed by atoms with van der Waals surface area (Å²) >= 11 is 0. The summed E-state index contributed by atoms with van der Waals surface area (Å²) < 4.78 is 5.46. The van der Waals surface area contributed by atoms with Crippen LogP contribution < -0.4 is 0 Å². The van der Waals surface area contributed by atoms with Crippen LogP contribution in [0.4, 0.5) is 0 Å². The Kier molecular flexibility index (Phi) is 6.03. The van der Waals surface area contributed by atoms with E-state index in [2.05, 4.69) is 22.8 Å². The molecule has 1 aromatic carbocycles. The minimum absolute atomic E-state index is 0.0639. The zero-order chi connectivity index (χ0) is 14.2. The van der Waals surface area contributed by atoms with Gasteiger partial charge in [-0.05, 0) is 11.6 Å². The summed E-state index contributed by atoms with van der Waals surface area (Å²) in [5.74, 6) is 6.08. The molecule has 1 heterocycles. The molecule has 1 atom stereocenters. The lowest BCUT2D eigenvalue weighted by molar-refractivity contribution is -0.0551. The van der Waals surface area contributed by atoms with E-state index in [-0.39, 0.29) is 19.3 Å². The van der Waals surface area contributed by atoms with Crippen LogP contribution in [0, 0.1) is 11.8 Å². The molecule has 1 aliphatic heterocycles. The summed E-state index contributed by atoms with van der Waals surface area (Å²) in [5, 5.41) is 18.0. The van der Waals surface area contributed by atoms with Gasteiger partial charge in [0.15, 0.2) is 0 Å². The fraction of sp³-hybridized carbons (Fsp3) is 0.500. The molecule has 2 rings (SSSR count). The number of hydrogen-bond donors (Lipinski definition) is 2. The number of aliphatic hydroxyl groups is 2. The fourth-order valence-electron chi connectivity index (χ4n) is 2.27. The Bertz CT molecular complexity index is 478. The molecule has 0 bridgehead atoms. The number of ether oxygens (including phenoxy) is 1. The minimum Gasteiger partial charge on any atom is -0.395 e. The molecule has 108 valence electrons. The van der Waals surface area contributed by atoms with E-state index in [1.54, 1.807) is 0 Å². The van der Waals surface area contributed by atoms with Gasteiger partial charge in [-0.1, -0.05) is 30.0 Å². The van der Waals surface area contributed by atoms with Crippen molar-refractivity contribution in [3.05, 3.63) is 35.4 Å². The van der Waals surface area contributed by atoms with Crippen LogP contribution in [-0.2, 0) is 11.3 Å². The van der Waals surface area contributed by atoms with Crippen LogP contribution in [0.25, 0.3) is 0 Å². The Morgan fingerprint density at radius 1 is 1.30 bits per heavy atom. The summed E-state index contributed by atoms with van der Waals surface area (Å²) in [6.07, 6.45) is 0.412. The number of rotatable bonds is 4. The summed E-state index contributed by atoms with van der Waals surface area (Å²) in [6, 6.07) is 8.06. The van der Waals surface area contributed by atoms with Crippen LogP contribution in [0.5, 0.6) is 0 Å². The lowest BCUT2D eigenvalue weighted by Gasteiger charge is -2.32. The van der Waals surface area contributed by atoms with Crippen molar-refractivity contribution in [3.8, 4) is 11.8 Å². The van der Waals surface area contributed by atoms with Crippen LogP contribution in [0.3, 0.4) is 0 Å². The fourth-order valence-corrected chi connectivity index (χ4v) is 2.27. The van der Waals surface area contributed by atoms with Crippen LogP contribution in [-0.4, -0.2) is 54.1 Å². The maximum atomic E-state index is 9.18. The predicted molar refractivity (Wildman–Crippen MR) is 77.1 cm³/mol. The molecule has 0 aliphatic carbocycles. The van der Waals surface area contributed by atoms with Gasteiger partial charge in [0.1, 0.15) is 0 Å². The molecule has 0 radical (unpaired) electrons. The second-order valence-electron chi connectivity index (χ2n) is 4.84. The van der Waals surface area contributed by atoms with Gasteiger partial charge in [0.05, 0.1) is 25.9 Å². The highest BCUT2D eigenvalue weighted by Gasteiger charge is 2.20. The van der Waals surface area contributed by atoms with Crippen LogP contribution >= 0.6 is 0 Å². The van der Waals surface area contributed by atoms with Crippen molar-refractivity contribution in [2.75, 3.05) is 32.9 Å². The Morgan fingerprint density at radius 3 is 2.95 bits per heavy atom. The van der Waals surface area contributed by atoms with Crippen LogP contribution in [0.15, 0.2) is 24.3 Å². The van der Waals surface area contributed by atoms with Gasteiger partial charge in [-0.25, -0.2) is 0 Å². The van der Waals surface area contributed by atoms with Gasteiger partial charge >= 0.3 is 0 Å². The van der Waals surface area contributed by atoms with E-state index in [1.807, 2.05) is 18.2 Å². The monoisotopic (exact) mass is 275 g/mol. The standard InChI is InChI=1S/C16H21NO3/c18-9-4-3-6-14-5-1-2-7-15(14)11-17-8-10-20-16(12-17)13-19/h1-2,5,7,16,18-19H,4,8-13H2. The largest absolute Gasteiger partial charge is 0.395 e. The predicted octanol–water partition coefficient (Wildman–Crippen LogP) is 0.614. The third kappa shape index (κ3) is 4.32. The van der Waals surface area contributed by atoms with E-state index in [1.165, 1.54) is 5.56 Å². The van der Waals surface area contributed by atoms with Gasteiger partial charge in [-0.3, -0.25) is 4.90 Å². The molecule has 1 unspecified atom stereocenters. The molecule has 0 spiro atoms. The Hall–Kier alpha value is -1.38. The van der Waals surface area contributed by atoms with Gasteiger partial charge in [0, 0.05) is 31.6 Å². The number of morpholine rings is 1. The second-order valence-corrected chi connectivity index (χ2v) is 4.84. The molecule has 1 aliphatic rings. The molecule has 1 fully saturated rings. The van der Waals surface area contributed by atoms with Crippen molar-refractivity contribution in [1.29, 1.82) is 0 Å². The number of nitrogens with zero attached hydrogens (tertiary/aromatic N) is 1. The van der Waals surface area contributed by atoms with Crippen molar-refractivity contribution in [3.63, 3.8) is 0 Å². The summed E-state index contributed by atoms with van der Waals surface area (Å²) in [6.45, 7) is 3.24. The summed E-state index contributed by atoms with van der Waals surface area (Å²) in [4.78, 5) is 2.27. The topological polar surface area (TPSA) is 52.9 Å². The Morgan fingerprint density at radius 2 is 2.15 bits per heavy atom. The van der Waals surface area contributed by atoms with Gasteiger partial charge in [-0.15, -0.1) is 0 Å². The smallest absolute Gasteiger partial charge is 0.0933 e. The minimum atomic E-state index is -0.0867. The van der Waals surface area contributed by atoms with Gasteiger partial charge < -0.3 is 14.9 Å². The van der Waals surface area contributed by atoms with E-state index >= 15 is 0 Å². The van der Waals surface area contributed by atoms with E-state index in [9.17, 15) is 5.11 Å². The van der Waals surface area contributed by atoms with Crippen LogP contribution in [0.1, 0.15) is 17.5 Å². The first kappa shape index (κ1) is 15.0. The van der Waals surface area contributed by atoms with Gasteiger partial charge in [0.25, 0.3) is 0 Å². The number of aliphatic hydroxyl groups excluding tert-OH is 2. The molecule has 20 heavy (non-hydrogen) atoms. The molecule has 4 nitrogen and oxygen atoms in total. The molecule has 4 heteroatoms. The van der Waals surface area contributed by atoms with Gasteiger partial charge in [-0.2, -0.15) is 0 Å². The molecule has 0 aromatic heterocycles. The highest BCUT2D eigenvalue weighted by molar-refractivity contribution is 5.41. The maximum Gasteiger partial charge on any atom is 0.0933 e. The van der Waals surface area contributed by atoms with Gasteiger partial charge in [0.2, 0.25) is 0 Å². The van der Waals surface area contributed by atoms with Crippen LogP contribution in [0.2, 0.25) is 0 Å². The lowest BCUT2D eigenvalue weighted by Crippen LogP contribution is -2.43. The summed E-state index contributed by atoms with van der Waals surface area (Å²) in [7, 11) is 0. The first-order valence-electron chi connectivity index (χ1n) is 6.96. The molecule has 0 saturated carbocycles. The lowest BCUT2D eigenvalue weighted by atomic mass is 10.1. The number of hydrogen-bond acceptors (Lipinski definition) is 4. The van der Waals surface area contributed by atoms with Crippen molar-refractivity contribution in [2.45, 2.75) is 19.1 Å². The molecule has 0 amide bonds. The highest BCUT2D eigenvalue weighted by atomic mass is 16.5. The molecule has 1 aromatic rings. The van der Waals surface area contributed by atoms with Crippen molar-refractivity contribution in [1.82, 2.24) is 4.90 Å². The van der Waals surface area contributed by atoms with Crippen molar-refractivity contribution >= 4 is 0 Å². The van der Waals surface area contributed by atoms with E-state index in [0.29, 0.717) is 13.0 Å². The number of benzene rings is 1. The zero-order valence-corrected chi connectivity index (χ0v) is 11.6. The molecule has 1 saturated heterocycles. The Labute approximate surface area is 120 Å². The van der Waals surface area contributed by atoms with E-state index < -0.39 is 0 Å². The average molecular weight is 275 g/mol. The highest BCUT2D eigenvalue weighted by Crippen LogP contribution is 2.13.